The fourth-order valence-electron chi connectivity index (χ4n) is 3.42. The lowest BCUT2D eigenvalue weighted by molar-refractivity contribution is 0.399. The van der Waals surface area contributed by atoms with E-state index in [2.05, 4.69) is 19.5 Å². The Kier molecular flexibility index (Phi) is 4.44. The average Bonchev–Trinajstić information content (AvgIpc) is 3.41. The van der Waals surface area contributed by atoms with Crippen LogP contribution >= 0.6 is 0 Å². The van der Waals surface area contributed by atoms with Crippen molar-refractivity contribution in [3.8, 4) is 5.75 Å². The van der Waals surface area contributed by atoms with Crippen LogP contribution in [0.3, 0.4) is 0 Å². The van der Waals surface area contributed by atoms with Crippen molar-refractivity contribution in [2.45, 2.75) is 55.5 Å². The van der Waals surface area contributed by atoms with E-state index in [9.17, 15) is 12.8 Å². The molecule has 1 saturated carbocycles. The predicted molar refractivity (Wildman–Crippen MR) is 92.0 cm³/mol. The highest BCUT2D eigenvalue weighted by Crippen LogP contribution is 2.39. The van der Waals surface area contributed by atoms with Crippen LogP contribution in [0.5, 0.6) is 5.75 Å². The number of halogens is 1. The molecule has 1 fully saturated rings. The van der Waals surface area contributed by atoms with Gasteiger partial charge in [-0.3, -0.25) is 0 Å². The van der Waals surface area contributed by atoms with Crippen LogP contribution in [0.1, 0.15) is 43.3 Å². The standard InChI is InChI=1S/C17H21FN4O3S/c1-25-14-6-4-12(18)10-15(14)26(23,24)21-13-5-7-16-19-20-17(11-2-3-11)22(16)9-8-13/h4,6,10-11,13,21H,2-3,5,7-9H2,1H3. The molecular weight excluding hydrogens is 359 g/mol. The van der Waals surface area contributed by atoms with Crippen LogP contribution in [0, 0.1) is 5.82 Å². The van der Waals surface area contributed by atoms with Gasteiger partial charge in [0.1, 0.15) is 28.1 Å². The summed E-state index contributed by atoms with van der Waals surface area (Å²) in [5.41, 5.74) is 0. The number of hydrogen-bond donors (Lipinski definition) is 1. The van der Waals surface area contributed by atoms with Gasteiger partial charge in [-0.05, 0) is 43.9 Å². The maximum Gasteiger partial charge on any atom is 0.244 e. The van der Waals surface area contributed by atoms with Crippen molar-refractivity contribution < 1.29 is 17.5 Å². The molecule has 0 saturated heterocycles. The van der Waals surface area contributed by atoms with E-state index in [1.165, 1.54) is 19.2 Å². The smallest absolute Gasteiger partial charge is 0.244 e. The third-order valence-electron chi connectivity index (χ3n) is 4.95. The molecule has 2 heterocycles. The summed E-state index contributed by atoms with van der Waals surface area (Å²) < 4.78 is 49.0. The van der Waals surface area contributed by atoms with Crippen LogP contribution in [-0.4, -0.2) is 36.3 Å². The SMILES string of the molecule is COc1ccc(F)cc1S(=O)(=O)NC1CCc2nnc(C3CC3)n2CC1. The second kappa shape index (κ2) is 6.62. The van der Waals surface area contributed by atoms with Crippen LogP contribution < -0.4 is 9.46 Å². The minimum atomic E-state index is -3.89. The highest BCUT2D eigenvalue weighted by molar-refractivity contribution is 7.89. The third kappa shape index (κ3) is 3.33. The van der Waals surface area contributed by atoms with Crippen molar-refractivity contribution in [1.29, 1.82) is 0 Å². The van der Waals surface area contributed by atoms with Crippen molar-refractivity contribution >= 4 is 10.0 Å². The molecule has 7 nitrogen and oxygen atoms in total. The molecule has 1 aliphatic heterocycles. The van der Waals surface area contributed by atoms with Gasteiger partial charge in [0, 0.05) is 24.9 Å². The van der Waals surface area contributed by atoms with Gasteiger partial charge >= 0.3 is 0 Å². The first-order chi connectivity index (χ1) is 12.5. The lowest BCUT2D eigenvalue weighted by atomic mass is 10.1. The number of rotatable bonds is 5. The van der Waals surface area contributed by atoms with Crippen LogP contribution in [0.15, 0.2) is 23.1 Å². The van der Waals surface area contributed by atoms with Gasteiger partial charge in [-0.15, -0.1) is 10.2 Å². The van der Waals surface area contributed by atoms with E-state index < -0.39 is 15.8 Å². The highest BCUT2D eigenvalue weighted by atomic mass is 32.2. The molecule has 1 aliphatic carbocycles. The first-order valence-corrected chi connectivity index (χ1v) is 10.2. The summed E-state index contributed by atoms with van der Waals surface area (Å²) in [5.74, 6) is 1.95. The van der Waals surface area contributed by atoms with E-state index in [4.69, 9.17) is 4.74 Å². The Morgan fingerprint density at radius 3 is 2.77 bits per heavy atom. The summed E-state index contributed by atoms with van der Waals surface area (Å²) >= 11 is 0. The molecule has 1 unspecified atom stereocenters. The highest BCUT2D eigenvalue weighted by Gasteiger charge is 2.32. The molecular formula is C17H21FN4O3S. The molecule has 0 spiro atoms. The lowest BCUT2D eigenvalue weighted by Gasteiger charge is -2.17. The second-order valence-electron chi connectivity index (χ2n) is 6.84. The minimum Gasteiger partial charge on any atom is -0.495 e. The van der Waals surface area contributed by atoms with E-state index in [0.29, 0.717) is 31.7 Å². The topological polar surface area (TPSA) is 86.1 Å². The van der Waals surface area contributed by atoms with E-state index in [1.807, 2.05) is 0 Å². The number of nitrogens with one attached hydrogen (secondary N) is 1. The van der Waals surface area contributed by atoms with Gasteiger partial charge < -0.3 is 9.30 Å². The number of methoxy groups -OCH3 is 1. The zero-order valence-corrected chi connectivity index (χ0v) is 15.3. The third-order valence-corrected chi connectivity index (χ3v) is 6.49. The quantitative estimate of drug-likeness (QED) is 0.857. The number of benzene rings is 1. The molecule has 2 aliphatic rings. The second-order valence-corrected chi connectivity index (χ2v) is 8.52. The molecule has 1 atom stereocenters. The lowest BCUT2D eigenvalue weighted by Crippen LogP contribution is -2.35. The Balaban J connectivity index is 1.52. The van der Waals surface area contributed by atoms with E-state index in [1.54, 1.807) is 0 Å². The van der Waals surface area contributed by atoms with Gasteiger partial charge in [-0.1, -0.05) is 0 Å². The van der Waals surface area contributed by atoms with Crippen LogP contribution in [0.25, 0.3) is 0 Å². The van der Waals surface area contributed by atoms with Gasteiger partial charge in [0.05, 0.1) is 7.11 Å². The zero-order valence-electron chi connectivity index (χ0n) is 14.5. The Labute approximate surface area is 151 Å². The van der Waals surface area contributed by atoms with E-state index in [-0.39, 0.29) is 16.7 Å². The number of nitrogens with zero attached hydrogens (tertiary/aromatic N) is 3. The predicted octanol–water partition coefficient (Wildman–Crippen LogP) is 1.99. The number of fused-ring (bicyclic) bond motifs is 1. The minimum absolute atomic E-state index is 0.126. The van der Waals surface area contributed by atoms with Crippen LogP contribution in [0.4, 0.5) is 4.39 Å². The molecule has 1 N–H and O–H groups in total. The van der Waals surface area contributed by atoms with E-state index >= 15 is 0 Å². The summed E-state index contributed by atoms with van der Waals surface area (Å²) in [4.78, 5) is -0.178. The fraction of sp³-hybridized carbons (Fsp3) is 0.529. The molecule has 2 aromatic rings. The summed E-state index contributed by atoms with van der Waals surface area (Å²) in [5, 5.41) is 8.57. The molecule has 9 heteroatoms. The van der Waals surface area contributed by atoms with Crippen molar-refractivity contribution in [3.05, 3.63) is 35.7 Å². The van der Waals surface area contributed by atoms with Crippen molar-refractivity contribution in [3.63, 3.8) is 0 Å². The summed E-state index contributed by atoms with van der Waals surface area (Å²) in [6.07, 6.45) is 4.22. The average molecular weight is 380 g/mol. The molecule has 0 bridgehead atoms. The van der Waals surface area contributed by atoms with Crippen molar-refractivity contribution in [2.75, 3.05) is 7.11 Å². The number of hydrogen-bond acceptors (Lipinski definition) is 5. The van der Waals surface area contributed by atoms with Crippen molar-refractivity contribution in [2.24, 2.45) is 0 Å². The maximum absolute atomic E-state index is 13.6. The molecule has 1 aromatic carbocycles. The van der Waals surface area contributed by atoms with Gasteiger partial charge in [0.15, 0.2) is 0 Å². The van der Waals surface area contributed by atoms with Gasteiger partial charge in [-0.2, -0.15) is 0 Å². The normalized spacial score (nSPS) is 20.5. The summed E-state index contributed by atoms with van der Waals surface area (Å²) in [7, 11) is -2.52. The Morgan fingerprint density at radius 1 is 1.23 bits per heavy atom. The zero-order chi connectivity index (χ0) is 18.3. The fourth-order valence-corrected chi connectivity index (χ4v) is 4.90. The monoisotopic (exact) mass is 380 g/mol. The van der Waals surface area contributed by atoms with Gasteiger partial charge in [0.2, 0.25) is 10.0 Å². The molecule has 4 rings (SSSR count). The maximum atomic E-state index is 13.6. The van der Waals surface area contributed by atoms with E-state index in [0.717, 1.165) is 30.6 Å². The first kappa shape index (κ1) is 17.4. The molecule has 0 amide bonds. The van der Waals surface area contributed by atoms with Crippen molar-refractivity contribution in [1.82, 2.24) is 19.5 Å². The number of sulfonamides is 1. The van der Waals surface area contributed by atoms with Gasteiger partial charge in [-0.25, -0.2) is 17.5 Å². The summed E-state index contributed by atoms with van der Waals surface area (Å²) in [6.45, 7) is 0.682. The molecule has 26 heavy (non-hydrogen) atoms. The Hall–Kier alpha value is -2.00. The Bertz CT molecular complexity index is 924. The number of aromatic nitrogens is 3. The summed E-state index contributed by atoms with van der Waals surface area (Å²) in [6, 6.07) is 3.23. The largest absolute Gasteiger partial charge is 0.495 e. The molecule has 140 valence electrons. The number of ether oxygens (including phenoxy) is 1. The van der Waals surface area contributed by atoms with Crippen LogP contribution in [-0.2, 0) is 23.0 Å². The Morgan fingerprint density at radius 2 is 2.04 bits per heavy atom. The molecule has 0 radical (unpaired) electrons. The van der Waals surface area contributed by atoms with Gasteiger partial charge in [0.25, 0.3) is 0 Å². The molecule has 1 aromatic heterocycles. The van der Waals surface area contributed by atoms with Crippen LogP contribution in [0.2, 0.25) is 0 Å². The first-order valence-electron chi connectivity index (χ1n) is 8.76. The number of aryl methyl sites for hydroxylation is 1.